The fourth-order valence-electron chi connectivity index (χ4n) is 1.29. The van der Waals surface area contributed by atoms with E-state index in [2.05, 4.69) is 4.99 Å². The zero-order chi connectivity index (χ0) is 9.26. The lowest BCUT2D eigenvalue weighted by molar-refractivity contribution is -0.133. The quantitative estimate of drug-likeness (QED) is 0.512. The minimum Gasteiger partial charge on any atom is -0.290 e. The van der Waals surface area contributed by atoms with Gasteiger partial charge in [-0.15, -0.1) is 0 Å². The first-order valence-electron chi connectivity index (χ1n) is 3.95. The van der Waals surface area contributed by atoms with Gasteiger partial charge >= 0.3 is 0 Å². The lowest BCUT2D eigenvalue weighted by Crippen LogP contribution is -2.17. The van der Waals surface area contributed by atoms with Gasteiger partial charge in [0, 0.05) is 18.8 Å². The normalized spacial score (nSPS) is 20.6. The van der Waals surface area contributed by atoms with Gasteiger partial charge in [0.15, 0.2) is 0 Å². The molecule has 3 nitrogen and oxygen atoms in total. The molecule has 1 aliphatic carbocycles. The van der Waals surface area contributed by atoms with E-state index in [0.717, 1.165) is 11.1 Å². The van der Waals surface area contributed by atoms with Crippen LogP contribution in [-0.4, -0.2) is 17.8 Å². The molecule has 0 saturated carbocycles. The van der Waals surface area contributed by atoms with Crippen LogP contribution in [0.1, 0.15) is 6.42 Å². The molecule has 13 heavy (non-hydrogen) atoms. The molecule has 0 aromatic rings. The molecule has 1 aliphatic heterocycles. The van der Waals surface area contributed by atoms with Crippen LogP contribution in [0.4, 0.5) is 0 Å². The van der Waals surface area contributed by atoms with Crippen molar-refractivity contribution in [3.05, 3.63) is 35.6 Å². The highest BCUT2D eigenvalue weighted by molar-refractivity contribution is 6.43. The lowest BCUT2D eigenvalue weighted by Gasteiger charge is -2.10. The predicted molar refractivity (Wildman–Crippen MR) is 48.4 cm³/mol. The summed E-state index contributed by atoms with van der Waals surface area (Å²) in [5.41, 5.74) is 1.66. The maximum absolute atomic E-state index is 11.1. The van der Waals surface area contributed by atoms with Gasteiger partial charge in [-0.3, -0.25) is 14.6 Å². The molecule has 2 rings (SSSR count). The fraction of sp³-hybridized carbons (Fsp3) is 0.100. The second-order valence-electron chi connectivity index (χ2n) is 2.87. The number of nitrogens with zero attached hydrogens (tertiary/aromatic N) is 1. The Morgan fingerprint density at radius 2 is 2.15 bits per heavy atom. The van der Waals surface area contributed by atoms with E-state index in [4.69, 9.17) is 0 Å². The molecule has 0 unspecified atom stereocenters. The molecule has 1 heterocycles. The van der Waals surface area contributed by atoms with Crippen LogP contribution in [0, 0.1) is 0 Å². The molecule has 64 valence electrons. The number of hydrogen-bond acceptors (Lipinski definition) is 3. The number of ketones is 2. The molecule has 0 N–H and O–H groups in total. The third kappa shape index (κ3) is 1.40. The minimum absolute atomic E-state index is 0.195. The maximum Gasteiger partial charge on any atom is 0.222 e. The predicted octanol–water partition coefficient (Wildman–Crippen LogP) is 0.979. The monoisotopic (exact) mass is 173 g/mol. The molecule has 0 spiro atoms. The summed E-state index contributed by atoms with van der Waals surface area (Å²) >= 11 is 0. The summed E-state index contributed by atoms with van der Waals surface area (Å²) < 4.78 is 0. The van der Waals surface area contributed by atoms with Gasteiger partial charge in [-0.1, -0.05) is 0 Å². The first-order valence-corrected chi connectivity index (χ1v) is 3.95. The van der Waals surface area contributed by atoms with Crippen LogP contribution in [0.2, 0.25) is 0 Å². The number of Topliss-reactive ketones (excluding diaryl/α,β-unsaturated/α-hetero) is 1. The highest BCUT2D eigenvalue weighted by Crippen LogP contribution is 2.21. The number of fused-ring (bicyclic) bond motifs is 1. The molecule has 0 atom stereocenters. The Bertz CT molecular complexity index is 397. The standard InChI is InChI=1S/C10H7NO2/c12-9-5-7-1-3-11-4-2-8(7)6-10(9)13/h1-5H,6H2. The molecule has 0 aromatic carbocycles. The van der Waals surface area contributed by atoms with Crippen molar-refractivity contribution < 1.29 is 9.59 Å². The van der Waals surface area contributed by atoms with Gasteiger partial charge in [0.1, 0.15) is 0 Å². The Morgan fingerprint density at radius 3 is 3.00 bits per heavy atom. The largest absolute Gasteiger partial charge is 0.290 e. The van der Waals surface area contributed by atoms with Crippen molar-refractivity contribution >= 4 is 17.8 Å². The van der Waals surface area contributed by atoms with E-state index in [1.165, 1.54) is 6.08 Å². The summed E-state index contributed by atoms with van der Waals surface area (Å²) in [5.74, 6) is -0.766. The topological polar surface area (TPSA) is 46.5 Å². The molecule has 0 bridgehead atoms. The number of rotatable bonds is 0. The number of hydrogen-bond donors (Lipinski definition) is 0. The number of aliphatic imine (C=N–C) groups is 1. The van der Waals surface area contributed by atoms with Gasteiger partial charge in [-0.2, -0.15) is 0 Å². The average Bonchev–Trinajstić information content (AvgIpc) is 2.31. The van der Waals surface area contributed by atoms with Crippen LogP contribution in [0.3, 0.4) is 0 Å². The Balaban J connectivity index is 2.49. The summed E-state index contributed by atoms with van der Waals surface area (Å²) in [4.78, 5) is 26.0. The Labute approximate surface area is 75.2 Å². The zero-order valence-corrected chi connectivity index (χ0v) is 6.86. The number of carbonyl (C=O) groups excluding carboxylic acids is 2. The number of carbonyl (C=O) groups is 2. The van der Waals surface area contributed by atoms with Crippen molar-refractivity contribution in [1.82, 2.24) is 0 Å². The highest BCUT2D eigenvalue weighted by Gasteiger charge is 2.21. The molecular weight excluding hydrogens is 166 g/mol. The van der Waals surface area contributed by atoms with E-state index in [1.807, 2.05) is 0 Å². The van der Waals surface area contributed by atoms with Crippen LogP contribution in [0.5, 0.6) is 0 Å². The zero-order valence-electron chi connectivity index (χ0n) is 6.86. The third-order valence-electron chi connectivity index (χ3n) is 1.99. The summed E-state index contributed by atoms with van der Waals surface area (Å²) in [7, 11) is 0. The van der Waals surface area contributed by atoms with Gasteiger partial charge in [-0.05, 0) is 29.4 Å². The van der Waals surface area contributed by atoms with Gasteiger partial charge in [0.05, 0.1) is 0 Å². The van der Waals surface area contributed by atoms with Crippen molar-refractivity contribution in [1.29, 1.82) is 0 Å². The summed E-state index contributed by atoms with van der Waals surface area (Å²) in [6.07, 6.45) is 8.29. The van der Waals surface area contributed by atoms with Crippen LogP contribution < -0.4 is 0 Å². The Hall–Kier alpha value is -1.77. The van der Waals surface area contributed by atoms with E-state index < -0.39 is 5.78 Å². The lowest BCUT2D eigenvalue weighted by atomic mass is 9.92. The maximum atomic E-state index is 11.1. The van der Waals surface area contributed by atoms with E-state index >= 15 is 0 Å². The molecule has 3 heteroatoms. The second kappa shape index (κ2) is 2.94. The molecule has 0 amide bonds. The summed E-state index contributed by atoms with van der Waals surface area (Å²) in [6.45, 7) is 0. The molecule has 0 saturated heterocycles. The van der Waals surface area contributed by atoms with Crippen molar-refractivity contribution in [3.8, 4) is 0 Å². The first-order chi connectivity index (χ1) is 6.27. The van der Waals surface area contributed by atoms with Crippen molar-refractivity contribution in [2.24, 2.45) is 4.99 Å². The van der Waals surface area contributed by atoms with E-state index in [-0.39, 0.29) is 12.2 Å². The molecule has 2 aliphatic rings. The van der Waals surface area contributed by atoms with E-state index in [0.29, 0.717) is 0 Å². The third-order valence-corrected chi connectivity index (χ3v) is 1.99. The van der Waals surface area contributed by atoms with Crippen LogP contribution in [0.25, 0.3) is 0 Å². The molecule has 0 fully saturated rings. The molecular formula is C10H7NO2. The van der Waals surface area contributed by atoms with Crippen LogP contribution >= 0.6 is 0 Å². The van der Waals surface area contributed by atoms with Crippen molar-refractivity contribution in [2.45, 2.75) is 6.42 Å². The SMILES string of the molecule is O=C1C=C2C=CN=CC=C2CC1=O. The minimum atomic E-state index is -0.418. The van der Waals surface area contributed by atoms with Crippen LogP contribution in [-0.2, 0) is 9.59 Å². The smallest absolute Gasteiger partial charge is 0.222 e. The first kappa shape index (κ1) is 7.86. The van der Waals surface area contributed by atoms with Gasteiger partial charge in [-0.25, -0.2) is 0 Å². The van der Waals surface area contributed by atoms with Gasteiger partial charge in [0.2, 0.25) is 11.6 Å². The van der Waals surface area contributed by atoms with E-state index in [1.54, 1.807) is 24.6 Å². The number of allylic oxidation sites excluding steroid dienone is 5. The van der Waals surface area contributed by atoms with Gasteiger partial charge < -0.3 is 0 Å². The molecule has 0 aromatic heterocycles. The van der Waals surface area contributed by atoms with Gasteiger partial charge in [0.25, 0.3) is 0 Å². The summed E-state index contributed by atoms with van der Waals surface area (Å²) in [5, 5.41) is 0. The fourth-order valence-corrected chi connectivity index (χ4v) is 1.29. The van der Waals surface area contributed by atoms with Crippen LogP contribution in [0.15, 0.2) is 40.6 Å². The molecule has 0 radical (unpaired) electrons. The average molecular weight is 173 g/mol. The second-order valence-corrected chi connectivity index (χ2v) is 2.87. The highest BCUT2D eigenvalue weighted by atomic mass is 16.2. The summed E-state index contributed by atoms with van der Waals surface area (Å²) in [6, 6.07) is 0. The van der Waals surface area contributed by atoms with E-state index in [9.17, 15) is 9.59 Å². The Morgan fingerprint density at radius 1 is 1.31 bits per heavy atom. The van der Waals surface area contributed by atoms with Crippen molar-refractivity contribution in [3.63, 3.8) is 0 Å². The Kier molecular flexibility index (Phi) is 1.77. The van der Waals surface area contributed by atoms with Crippen molar-refractivity contribution in [2.75, 3.05) is 0 Å².